The average molecular weight is 546 g/mol. The van der Waals surface area contributed by atoms with Gasteiger partial charge in [0.05, 0.1) is 17.9 Å². The Hall–Kier alpha value is -2.43. The third-order valence-electron chi connectivity index (χ3n) is 7.25. The predicted octanol–water partition coefficient (Wildman–Crippen LogP) is 2.55. The number of hydrogen-bond donors (Lipinski definition) is 3. The molecule has 0 spiro atoms. The SMILES string of the molecule is Nc1ncnc2c1ncn2Cc1c(Br)c(Cl)c2c(c1N1CCC(N)(C(=O)NC3CC3)C1)CCC2. The number of nitrogens with zero attached hydrogens (tertiary/aromatic N) is 5. The highest BCUT2D eigenvalue weighted by molar-refractivity contribution is 9.10. The Labute approximate surface area is 210 Å². The van der Waals surface area contributed by atoms with E-state index < -0.39 is 5.54 Å². The molecule has 2 fully saturated rings. The zero-order valence-corrected chi connectivity index (χ0v) is 21.0. The molecule has 1 aliphatic heterocycles. The summed E-state index contributed by atoms with van der Waals surface area (Å²) in [4.78, 5) is 28.1. The van der Waals surface area contributed by atoms with Crippen LogP contribution in [0.25, 0.3) is 11.2 Å². The molecule has 1 saturated carbocycles. The minimum absolute atomic E-state index is 0.0449. The van der Waals surface area contributed by atoms with Crippen molar-refractivity contribution in [3.8, 4) is 0 Å². The fourth-order valence-electron chi connectivity index (χ4n) is 5.28. The normalized spacial score (nSPS) is 21.9. The standard InChI is InChI=1S/C23H26BrClN8O/c24-16-15(8-33-11-30-18-20(26)28-10-29-21(18)33)19(14-3-1-2-13(14)17(16)25)32-7-6-23(27,9-32)22(34)31-12-4-5-12/h10-12H,1-9,27H2,(H,31,34)(H2,26,28,29). The van der Waals surface area contributed by atoms with Crippen molar-refractivity contribution in [2.75, 3.05) is 23.7 Å². The lowest BCUT2D eigenvalue weighted by Crippen LogP contribution is -2.56. The molecule has 1 saturated heterocycles. The molecular formula is C23H26BrClN8O. The van der Waals surface area contributed by atoms with Gasteiger partial charge in [0.25, 0.3) is 0 Å². The van der Waals surface area contributed by atoms with Crippen LogP contribution >= 0.6 is 27.5 Å². The minimum Gasteiger partial charge on any atom is -0.382 e. The zero-order valence-electron chi connectivity index (χ0n) is 18.7. The lowest BCUT2D eigenvalue weighted by Gasteiger charge is -2.29. The van der Waals surface area contributed by atoms with Gasteiger partial charge in [-0.3, -0.25) is 4.79 Å². The number of imidazole rings is 1. The van der Waals surface area contributed by atoms with Crippen molar-refractivity contribution in [3.05, 3.63) is 38.8 Å². The molecule has 0 bridgehead atoms. The van der Waals surface area contributed by atoms with Crippen LogP contribution in [0.1, 0.15) is 42.4 Å². The molecule has 3 aromatic rings. The molecule has 1 amide bonds. The van der Waals surface area contributed by atoms with E-state index in [1.807, 2.05) is 4.57 Å². The smallest absolute Gasteiger partial charge is 0.242 e. The van der Waals surface area contributed by atoms with E-state index in [0.717, 1.165) is 52.9 Å². The Kier molecular flexibility index (Phi) is 5.23. The number of rotatable bonds is 5. The van der Waals surface area contributed by atoms with E-state index in [-0.39, 0.29) is 11.9 Å². The Bertz CT molecular complexity index is 1320. The van der Waals surface area contributed by atoms with Crippen LogP contribution in [0.3, 0.4) is 0 Å². The summed E-state index contributed by atoms with van der Waals surface area (Å²) in [5.41, 5.74) is 17.6. The molecule has 9 nitrogen and oxygen atoms in total. The fourth-order valence-corrected chi connectivity index (χ4v) is 6.15. The van der Waals surface area contributed by atoms with Gasteiger partial charge in [0, 0.05) is 34.9 Å². The first-order valence-electron chi connectivity index (χ1n) is 11.6. The van der Waals surface area contributed by atoms with E-state index in [1.54, 1.807) is 6.33 Å². The van der Waals surface area contributed by atoms with Gasteiger partial charge in [-0.2, -0.15) is 0 Å². The molecule has 6 rings (SSSR count). The summed E-state index contributed by atoms with van der Waals surface area (Å²) >= 11 is 10.6. The minimum atomic E-state index is -0.902. The average Bonchev–Trinajstić information content (AvgIpc) is 3.19. The van der Waals surface area contributed by atoms with E-state index in [9.17, 15) is 4.79 Å². The number of carbonyl (C=O) groups is 1. The van der Waals surface area contributed by atoms with Crippen molar-refractivity contribution in [3.63, 3.8) is 0 Å². The lowest BCUT2D eigenvalue weighted by molar-refractivity contribution is -0.125. The van der Waals surface area contributed by atoms with E-state index >= 15 is 0 Å². The molecule has 1 atom stereocenters. The molecule has 5 N–H and O–H groups in total. The van der Waals surface area contributed by atoms with Crippen LogP contribution in [0.15, 0.2) is 17.1 Å². The maximum atomic E-state index is 12.9. The molecule has 34 heavy (non-hydrogen) atoms. The second-order valence-corrected chi connectivity index (χ2v) is 10.8. The van der Waals surface area contributed by atoms with Crippen molar-refractivity contribution in [2.45, 2.75) is 56.7 Å². The Morgan fingerprint density at radius 2 is 2.06 bits per heavy atom. The Balaban J connectivity index is 1.42. The highest BCUT2D eigenvalue weighted by atomic mass is 79.9. The van der Waals surface area contributed by atoms with Gasteiger partial charge in [-0.15, -0.1) is 0 Å². The van der Waals surface area contributed by atoms with Gasteiger partial charge in [0.1, 0.15) is 17.4 Å². The molecule has 3 aliphatic rings. The molecule has 2 aromatic heterocycles. The highest BCUT2D eigenvalue weighted by Crippen LogP contribution is 2.46. The Morgan fingerprint density at radius 1 is 1.26 bits per heavy atom. The quantitative estimate of drug-likeness (QED) is 0.449. The number of halogens is 2. The number of nitrogens with one attached hydrogen (secondary N) is 1. The molecular weight excluding hydrogens is 520 g/mol. The van der Waals surface area contributed by atoms with Gasteiger partial charge >= 0.3 is 0 Å². The number of nitrogen functional groups attached to an aromatic ring is 1. The summed E-state index contributed by atoms with van der Waals surface area (Å²) in [6, 6.07) is 0.287. The van der Waals surface area contributed by atoms with E-state index in [1.165, 1.54) is 17.5 Å². The van der Waals surface area contributed by atoms with Crippen molar-refractivity contribution in [2.24, 2.45) is 5.73 Å². The lowest BCUT2D eigenvalue weighted by atomic mass is 9.98. The van der Waals surface area contributed by atoms with Gasteiger partial charge in [-0.1, -0.05) is 11.6 Å². The van der Waals surface area contributed by atoms with Crippen LogP contribution in [-0.4, -0.2) is 50.1 Å². The third kappa shape index (κ3) is 3.54. The topological polar surface area (TPSA) is 128 Å². The second kappa shape index (κ2) is 8.07. The Morgan fingerprint density at radius 3 is 2.85 bits per heavy atom. The molecule has 1 unspecified atom stereocenters. The maximum absolute atomic E-state index is 12.9. The number of benzene rings is 1. The molecule has 3 heterocycles. The third-order valence-corrected chi connectivity index (χ3v) is 8.77. The first-order chi connectivity index (χ1) is 16.4. The van der Waals surface area contributed by atoms with Crippen LogP contribution in [-0.2, 0) is 24.2 Å². The van der Waals surface area contributed by atoms with E-state index in [2.05, 4.69) is 41.1 Å². The predicted molar refractivity (Wildman–Crippen MR) is 135 cm³/mol. The van der Waals surface area contributed by atoms with Gasteiger partial charge in [0.15, 0.2) is 11.5 Å². The number of fused-ring (bicyclic) bond motifs is 2. The summed E-state index contributed by atoms with van der Waals surface area (Å²) in [5, 5.41) is 3.86. The summed E-state index contributed by atoms with van der Waals surface area (Å²) in [7, 11) is 0. The van der Waals surface area contributed by atoms with Gasteiger partial charge in [0.2, 0.25) is 5.91 Å². The number of aromatic nitrogens is 4. The molecule has 178 valence electrons. The molecule has 1 aromatic carbocycles. The number of amides is 1. The van der Waals surface area contributed by atoms with Gasteiger partial charge in [-0.05, 0) is 65.6 Å². The molecule has 2 aliphatic carbocycles. The van der Waals surface area contributed by atoms with Crippen LogP contribution in [0.4, 0.5) is 11.5 Å². The van der Waals surface area contributed by atoms with Crippen LogP contribution < -0.4 is 21.7 Å². The number of hydrogen-bond acceptors (Lipinski definition) is 7. The number of carbonyl (C=O) groups excluding carboxylic acids is 1. The second-order valence-electron chi connectivity index (χ2n) is 9.64. The van der Waals surface area contributed by atoms with Gasteiger partial charge in [-0.25, -0.2) is 15.0 Å². The van der Waals surface area contributed by atoms with E-state index in [0.29, 0.717) is 43.0 Å². The zero-order chi connectivity index (χ0) is 23.6. The largest absolute Gasteiger partial charge is 0.382 e. The summed E-state index contributed by atoms with van der Waals surface area (Å²) in [6.45, 7) is 1.68. The molecule has 11 heteroatoms. The highest BCUT2D eigenvalue weighted by Gasteiger charge is 2.44. The van der Waals surface area contributed by atoms with Crippen molar-refractivity contribution < 1.29 is 4.79 Å². The fraction of sp³-hybridized carbons (Fsp3) is 0.478. The number of nitrogens with two attached hydrogens (primary N) is 2. The van der Waals surface area contributed by atoms with Crippen molar-refractivity contribution in [1.29, 1.82) is 0 Å². The maximum Gasteiger partial charge on any atom is 0.242 e. The van der Waals surface area contributed by atoms with Crippen LogP contribution in [0, 0.1) is 0 Å². The van der Waals surface area contributed by atoms with Gasteiger partial charge < -0.3 is 26.3 Å². The van der Waals surface area contributed by atoms with Crippen LogP contribution in [0.5, 0.6) is 0 Å². The summed E-state index contributed by atoms with van der Waals surface area (Å²) in [6.07, 6.45) is 8.82. The van der Waals surface area contributed by atoms with Crippen molar-refractivity contribution >= 4 is 56.1 Å². The summed E-state index contributed by atoms with van der Waals surface area (Å²) in [5.74, 6) is 0.306. The van der Waals surface area contributed by atoms with Crippen molar-refractivity contribution in [1.82, 2.24) is 24.8 Å². The van der Waals surface area contributed by atoms with E-state index in [4.69, 9.17) is 23.1 Å². The summed E-state index contributed by atoms with van der Waals surface area (Å²) < 4.78 is 2.82. The first kappa shape index (κ1) is 22.1. The van der Waals surface area contributed by atoms with Crippen LogP contribution in [0.2, 0.25) is 5.02 Å². The molecule has 0 radical (unpaired) electrons. The number of anilines is 2. The first-order valence-corrected chi connectivity index (χ1v) is 12.8. The monoisotopic (exact) mass is 544 g/mol.